The van der Waals surface area contributed by atoms with Crippen LogP contribution >= 0.6 is 11.8 Å². The lowest BCUT2D eigenvalue weighted by Gasteiger charge is -2.21. The number of benzene rings is 1. The molecule has 134 valence electrons. The summed E-state index contributed by atoms with van der Waals surface area (Å²) in [5, 5.41) is 5.21. The fraction of sp³-hybridized carbons (Fsp3) is 0.500. The average Bonchev–Trinajstić information content (AvgIpc) is 2.92. The zero-order valence-electron chi connectivity index (χ0n) is 13.4. The lowest BCUT2D eigenvalue weighted by Crippen LogP contribution is -2.41. The second-order valence-corrected chi connectivity index (χ2v) is 9.06. The van der Waals surface area contributed by atoms with Crippen molar-refractivity contribution in [1.82, 2.24) is 10.0 Å². The van der Waals surface area contributed by atoms with Crippen LogP contribution in [0.2, 0.25) is 0 Å². The number of nitrogens with one attached hydrogen (secondary N) is 3. The van der Waals surface area contributed by atoms with E-state index < -0.39 is 44.0 Å². The SMILES string of the molecule is CC(C)(C)NS(=O)(=O)c1cc(NC(=O)C2CSCN2)c(F)cc1F. The van der Waals surface area contributed by atoms with Crippen molar-refractivity contribution in [2.45, 2.75) is 37.2 Å². The summed E-state index contributed by atoms with van der Waals surface area (Å²) in [6.45, 7) is 4.79. The fourth-order valence-corrected chi connectivity index (χ4v) is 4.52. The number of hydrogen-bond donors (Lipinski definition) is 3. The van der Waals surface area contributed by atoms with Crippen LogP contribution in [0.25, 0.3) is 0 Å². The summed E-state index contributed by atoms with van der Waals surface area (Å²) >= 11 is 1.51. The highest BCUT2D eigenvalue weighted by molar-refractivity contribution is 7.99. The predicted octanol–water partition coefficient (Wildman–Crippen LogP) is 1.64. The summed E-state index contributed by atoms with van der Waals surface area (Å²) in [6, 6.07) is 0.731. The van der Waals surface area contributed by atoms with E-state index in [1.807, 2.05) is 0 Å². The fourth-order valence-electron chi connectivity index (χ4n) is 2.07. The highest BCUT2D eigenvalue weighted by Crippen LogP contribution is 2.25. The minimum absolute atomic E-state index is 0.380. The molecule has 0 radical (unpaired) electrons. The lowest BCUT2D eigenvalue weighted by atomic mass is 10.1. The van der Waals surface area contributed by atoms with E-state index in [9.17, 15) is 22.0 Å². The number of halogens is 2. The Hall–Kier alpha value is -1.23. The van der Waals surface area contributed by atoms with Gasteiger partial charge >= 0.3 is 0 Å². The molecule has 24 heavy (non-hydrogen) atoms. The molecule has 10 heteroatoms. The van der Waals surface area contributed by atoms with Gasteiger partial charge in [0.1, 0.15) is 16.5 Å². The molecule has 6 nitrogen and oxygen atoms in total. The van der Waals surface area contributed by atoms with Gasteiger partial charge in [-0.2, -0.15) is 0 Å². The Bertz CT molecular complexity index is 742. The van der Waals surface area contributed by atoms with Gasteiger partial charge in [0.15, 0.2) is 0 Å². The third kappa shape index (κ3) is 4.65. The van der Waals surface area contributed by atoms with E-state index in [2.05, 4.69) is 15.4 Å². The number of anilines is 1. The van der Waals surface area contributed by atoms with Crippen LogP contribution in [0.1, 0.15) is 20.8 Å². The van der Waals surface area contributed by atoms with Crippen LogP contribution < -0.4 is 15.4 Å². The Morgan fingerprint density at radius 1 is 1.29 bits per heavy atom. The first-order valence-electron chi connectivity index (χ1n) is 7.14. The van der Waals surface area contributed by atoms with Crippen LogP contribution in [-0.4, -0.2) is 37.5 Å². The van der Waals surface area contributed by atoms with E-state index in [4.69, 9.17) is 0 Å². The number of sulfonamides is 1. The molecule has 0 saturated carbocycles. The molecule has 0 aliphatic carbocycles. The van der Waals surface area contributed by atoms with Gasteiger partial charge in [-0.1, -0.05) is 0 Å². The largest absolute Gasteiger partial charge is 0.322 e. The van der Waals surface area contributed by atoms with Gasteiger partial charge in [-0.3, -0.25) is 10.1 Å². The maximum atomic E-state index is 14.0. The van der Waals surface area contributed by atoms with Gasteiger partial charge in [-0.15, -0.1) is 11.8 Å². The third-order valence-electron chi connectivity index (χ3n) is 3.04. The molecule has 1 fully saturated rings. The normalized spacial score (nSPS) is 18.6. The minimum atomic E-state index is -4.21. The molecular weight excluding hydrogens is 360 g/mol. The molecule has 3 N–H and O–H groups in total. The summed E-state index contributed by atoms with van der Waals surface area (Å²) in [5.41, 5.74) is -1.22. The summed E-state index contributed by atoms with van der Waals surface area (Å²) in [6.07, 6.45) is 0. The Kier molecular flexibility index (Phi) is 5.53. The van der Waals surface area contributed by atoms with Crippen LogP contribution in [0.3, 0.4) is 0 Å². The van der Waals surface area contributed by atoms with E-state index in [-0.39, 0.29) is 5.69 Å². The minimum Gasteiger partial charge on any atom is -0.322 e. The summed E-state index contributed by atoms with van der Waals surface area (Å²) < 4.78 is 54.7. The standard InChI is InChI=1S/C14H19F2N3O3S2/c1-14(2,3)19-24(21,22)12-5-10(8(15)4-9(12)16)18-13(20)11-6-23-7-17-11/h4-5,11,17,19H,6-7H2,1-3H3,(H,18,20). The van der Waals surface area contributed by atoms with Crippen molar-refractivity contribution >= 4 is 33.4 Å². The first kappa shape index (κ1) is 19.1. The van der Waals surface area contributed by atoms with Crippen LogP contribution in [-0.2, 0) is 14.8 Å². The van der Waals surface area contributed by atoms with Gasteiger partial charge in [0.25, 0.3) is 0 Å². The van der Waals surface area contributed by atoms with Gasteiger partial charge in [0.2, 0.25) is 15.9 Å². The molecule has 1 aromatic rings. The smallest absolute Gasteiger partial charge is 0.244 e. The topological polar surface area (TPSA) is 87.3 Å². The molecule has 1 aromatic carbocycles. The molecule has 2 rings (SSSR count). The molecule has 1 aliphatic heterocycles. The maximum absolute atomic E-state index is 14.0. The summed E-state index contributed by atoms with van der Waals surface area (Å²) in [7, 11) is -4.21. The molecular formula is C14H19F2N3O3S2. The summed E-state index contributed by atoms with van der Waals surface area (Å²) in [4.78, 5) is 11.3. The number of carbonyl (C=O) groups is 1. The van der Waals surface area contributed by atoms with Crippen molar-refractivity contribution in [3.8, 4) is 0 Å². The van der Waals surface area contributed by atoms with Gasteiger partial charge in [-0.25, -0.2) is 21.9 Å². The van der Waals surface area contributed by atoms with E-state index in [1.165, 1.54) is 11.8 Å². The monoisotopic (exact) mass is 379 g/mol. The number of hydrogen-bond acceptors (Lipinski definition) is 5. The van der Waals surface area contributed by atoms with Gasteiger partial charge in [0.05, 0.1) is 11.7 Å². The molecule has 0 bridgehead atoms. The van der Waals surface area contributed by atoms with Crippen LogP contribution in [0.5, 0.6) is 0 Å². The van der Waals surface area contributed by atoms with E-state index in [0.29, 0.717) is 17.7 Å². The molecule has 0 aromatic heterocycles. The highest BCUT2D eigenvalue weighted by Gasteiger charge is 2.28. The van der Waals surface area contributed by atoms with Crippen molar-refractivity contribution in [3.05, 3.63) is 23.8 Å². The molecule has 1 amide bonds. The van der Waals surface area contributed by atoms with Gasteiger partial charge < -0.3 is 5.32 Å². The Morgan fingerprint density at radius 3 is 2.50 bits per heavy atom. The van der Waals surface area contributed by atoms with Crippen LogP contribution in [0.15, 0.2) is 17.0 Å². The number of carbonyl (C=O) groups excluding carboxylic acids is 1. The number of amides is 1. The van der Waals surface area contributed by atoms with Crippen molar-refractivity contribution in [2.75, 3.05) is 16.9 Å². The van der Waals surface area contributed by atoms with Gasteiger partial charge in [-0.05, 0) is 26.8 Å². The summed E-state index contributed by atoms with van der Waals surface area (Å²) in [5.74, 6) is -1.65. The van der Waals surface area contributed by atoms with E-state index in [1.54, 1.807) is 20.8 Å². The van der Waals surface area contributed by atoms with Crippen molar-refractivity contribution in [3.63, 3.8) is 0 Å². The second kappa shape index (κ2) is 6.95. The van der Waals surface area contributed by atoms with Crippen LogP contribution in [0.4, 0.5) is 14.5 Å². The molecule has 0 spiro atoms. The highest BCUT2D eigenvalue weighted by atomic mass is 32.2. The Balaban J connectivity index is 2.32. The first-order chi connectivity index (χ1) is 11.0. The second-order valence-electron chi connectivity index (χ2n) is 6.38. The van der Waals surface area contributed by atoms with E-state index in [0.717, 1.165) is 6.07 Å². The van der Waals surface area contributed by atoms with E-state index >= 15 is 0 Å². The number of thioether (sulfide) groups is 1. The zero-order chi connectivity index (χ0) is 18.1. The quantitative estimate of drug-likeness (QED) is 0.740. The molecule has 1 unspecified atom stereocenters. The third-order valence-corrected chi connectivity index (χ3v) is 5.76. The Labute approximate surface area is 143 Å². The lowest BCUT2D eigenvalue weighted by molar-refractivity contribution is -0.117. The van der Waals surface area contributed by atoms with Crippen molar-refractivity contribution in [1.29, 1.82) is 0 Å². The molecule has 1 aliphatic rings. The van der Waals surface area contributed by atoms with Crippen LogP contribution in [0, 0.1) is 11.6 Å². The molecule has 1 atom stereocenters. The number of rotatable bonds is 4. The zero-order valence-corrected chi connectivity index (χ0v) is 15.1. The Morgan fingerprint density at radius 2 is 1.96 bits per heavy atom. The molecule has 1 heterocycles. The van der Waals surface area contributed by atoms with Gasteiger partial charge in [0, 0.05) is 23.2 Å². The predicted molar refractivity (Wildman–Crippen MR) is 89.3 cm³/mol. The first-order valence-corrected chi connectivity index (χ1v) is 9.78. The molecule has 1 saturated heterocycles. The average molecular weight is 379 g/mol. The maximum Gasteiger partial charge on any atom is 0.244 e. The van der Waals surface area contributed by atoms with Crippen molar-refractivity contribution in [2.24, 2.45) is 0 Å². The van der Waals surface area contributed by atoms with Crippen molar-refractivity contribution < 1.29 is 22.0 Å².